The summed E-state index contributed by atoms with van der Waals surface area (Å²) in [6, 6.07) is 11.3. The maximum atomic E-state index is 5.91. The molecule has 18 heavy (non-hydrogen) atoms. The summed E-state index contributed by atoms with van der Waals surface area (Å²) in [6.45, 7) is 1.96. The largest absolute Gasteiger partial charge is 0.457 e. The molecule has 0 radical (unpaired) electrons. The Morgan fingerprint density at radius 3 is 2.56 bits per heavy atom. The molecular weight excluding hydrogens is 335 g/mol. The lowest BCUT2D eigenvalue weighted by molar-refractivity contribution is 0.478. The first kappa shape index (κ1) is 13.7. The van der Waals surface area contributed by atoms with Gasteiger partial charge in [-0.1, -0.05) is 33.6 Å². The molecule has 0 atom stereocenters. The average Bonchev–Trinajstić information content (AvgIpc) is 2.33. The van der Waals surface area contributed by atoms with E-state index < -0.39 is 0 Å². The van der Waals surface area contributed by atoms with Crippen molar-refractivity contribution < 1.29 is 4.74 Å². The fourth-order valence-electron chi connectivity index (χ4n) is 1.55. The zero-order valence-corrected chi connectivity index (χ0v) is 12.8. The van der Waals surface area contributed by atoms with Gasteiger partial charge in [0.2, 0.25) is 0 Å². The van der Waals surface area contributed by atoms with Gasteiger partial charge < -0.3 is 4.74 Å². The van der Waals surface area contributed by atoms with E-state index in [0.717, 1.165) is 27.1 Å². The van der Waals surface area contributed by atoms with Crippen LogP contribution in [-0.2, 0) is 5.88 Å². The van der Waals surface area contributed by atoms with Crippen LogP contribution in [0.4, 0.5) is 0 Å². The van der Waals surface area contributed by atoms with Gasteiger partial charge in [0.15, 0.2) is 0 Å². The molecule has 2 rings (SSSR count). The van der Waals surface area contributed by atoms with Crippen molar-refractivity contribution in [2.45, 2.75) is 12.8 Å². The molecule has 0 aliphatic heterocycles. The minimum Gasteiger partial charge on any atom is -0.457 e. The molecular formula is C14H11BrCl2O. The number of hydrogen-bond acceptors (Lipinski definition) is 1. The molecule has 1 nitrogen and oxygen atoms in total. The molecule has 0 aromatic heterocycles. The second-order valence-corrected chi connectivity index (χ2v) is 5.46. The van der Waals surface area contributed by atoms with Gasteiger partial charge in [-0.05, 0) is 48.4 Å². The minimum absolute atomic E-state index is 0.473. The first-order valence-corrected chi connectivity index (χ1v) is 7.09. The summed E-state index contributed by atoms with van der Waals surface area (Å²) in [5.74, 6) is 2.03. The molecule has 0 fully saturated rings. The topological polar surface area (TPSA) is 9.23 Å². The highest BCUT2D eigenvalue weighted by molar-refractivity contribution is 9.10. The normalized spacial score (nSPS) is 10.4. The Labute approximate surface area is 125 Å². The van der Waals surface area contributed by atoms with Crippen LogP contribution in [0.1, 0.15) is 11.1 Å². The van der Waals surface area contributed by atoms with Gasteiger partial charge in [-0.3, -0.25) is 0 Å². The van der Waals surface area contributed by atoms with Crippen LogP contribution in [0, 0.1) is 6.92 Å². The van der Waals surface area contributed by atoms with Crippen LogP contribution in [0.25, 0.3) is 0 Å². The molecule has 2 aromatic carbocycles. The quantitative estimate of drug-likeness (QED) is 0.625. The van der Waals surface area contributed by atoms with Crippen LogP contribution in [0.15, 0.2) is 40.9 Å². The van der Waals surface area contributed by atoms with Gasteiger partial charge in [-0.2, -0.15) is 0 Å². The van der Waals surface area contributed by atoms with Crippen molar-refractivity contribution in [3.8, 4) is 11.5 Å². The van der Waals surface area contributed by atoms with E-state index in [1.807, 2.05) is 43.3 Å². The summed E-state index contributed by atoms with van der Waals surface area (Å²) >= 11 is 15.2. The van der Waals surface area contributed by atoms with Crippen molar-refractivity contribution in [2.24, 2.45) is 0 Å². The van der Waals surface area contributed by atoms with Crippen LogP contribution in [0.3, 0.4) is 0 Å². The van der Waals surface area contributed by atoms with E-state index >= 15 is 0 Å². The third-order valence-corrected chi connectivity index (χ3v) is 3.79. The predicted octanol–water partition coefficient (Wildman–Crippen LogP) is 5.94. The molecule has 2 aromatic rings. The number of hydrogen-bond donors (Lipinski definition) is 0. The lowest BCUT2D eigenvalue weighted by Gasteiger charge is -2.10. The fourth-order valence-corrected chi connectivity index (χ4v) is 2.67. The highest BCUT2D eigenvalue weighted by atomic mass is 79.9. The standard InChI is InChI=1S/C14H11BrCl2O/c1-9-6-11(17)3-5-14(9)18-12-4-2-10(8-16)13(15)7-12/h2-7H,8H2,1H3. The van der Waals surface area contributed by atoms with Crippen LogP contribution in [0.2, 0.25) is 5.02 Å². The number of benzene rings is 2. The molecule has 0 aliphatic rings. The third-order valence-electron chi connectivity index (χ3n) is 2.53. The lowest BCUT2D eigenvalue weighted by atomic mass is 10.2. The molecule has 0 unspecified atom stereocenters. The number of alkyl halides is 1. The number of ether oxygens (including phenoxy) is 1. The Bertz CT molecular complexity index is 570. The van der Waals surface area contributed by atoms with Gasteiger partial charge in [0.1, 0.15) is 11.5 Å². The van der Waals surface area contributed by atoms with Crippen molar-refractivity contribution in [3.05, 3.63) is 57.0 Å². The summed E-state index contributed by atoms with van der Waals surface area (Å²) in [7, 11) is 0. The average molecular weight is 346 g/mol. The van der Waals surface area contributed by atoms with Gasteiger partial charge in [-0.15, -0.1) is 11.6 Å². The van der Waals surface area contributed by atoms with E-state index in [1.165, 1.54) is 0 Å². The summed E-state index contributed by atoms with van der Waals surface area (Å²) in [5.41, 5.74) is 2.04. The second kappa shape index (κ2) is 5.96. The van der Waals surface area contributed by atoms with E-state index in [9.17, 15) is 0 Å². The van der Waals surface area contributed by atoms with E-state index in [4.69, 9.17) is 27.9 Å². The summed E-state index contributed by atoms with van der Waals surface area (Å²) < 4.78 is 6.76. The molecule has 94 valence electrons. The molecule has 0 spiro atoms. The minimum atomic E-state index is 0.473. The van der Waals surface area contributed by atoms with Crippen LogP contribution in [-0.4, -0.2) is 0 Å². The number of rotatable bonds is 3. The Kier molecular flexibility index (Phi) is 4.55. The van der Waals surface area contributed by atoms with Gasteiger partial charge in [0.05, 0.1) is 0 Å². The monoisotopic (exact) mass is 344 g/mol. The molecule has 0 N–H and O–H groups in total. The number of halogens is 3. The van der Waals surface area contributed by atoms with Gasteiger partial charge in [-0.25, -0.2) is 0 Å². The van der Waals surface area contributed by atoms with Crippen molar-refractivity contribution in [1.29, 1.82) is 0 Å². The third kappa shape index (κ3) is 3.19. The molecule has 0 amide bonds. The van der Waals surface area contributed by atoms with Crippen LogP contribution >= 0.6 is 39.1 Å². The first-order chi connectivity index (χ1) is 8.60. The smallest absolute Gasteiger partial charge is 0.130 e. The van der Waals surface area contributed by atoms with Crippen molar-refractivity contribution in [3.63, 3.8) is 0 Å². The van der Waals surface area contributed by atoms with Crippen LogP contribution < -0.4 is 4.74 Å². The zero-order valence-electron chi connectivity index (χ0n) is 9.71. The maximum absolute atomic E-state index is 5.91. The Hall–Kier alpha value is -0.700. The van der Waals surface area contributed by atoms with Gasteiger partial charge in [0, 0.05) is 15.4 Å². The van der Waals surface area contributed by atoms with Gasteiger partial charge in [0.25, 0.3) is 0 Å². The maximum Gasteiger partial charge on any atom is 0.130 e. The van der Waals surface area contributed by atoms with E-state index in [1.54, 1.807) is 0 Å². The number of aryl methyl sites for hydroxylation is 1. The fraction of sp³-hybridized carbons (Fsp3) is 0.143. The lowest BCUT2D eigenvalue weighted by Crippen LogP contribution is -1.89. The second-order valence-electron chi connectivity index (χ2n) is 3.90. The van der Waals surface area contributed by atoms with Crippen molar-refractivity contribution in [1.82, 2.24) is 0 Å². The van der Waals surface area contributed by atoms with E-state index in [2.05, 4.69) is 15.9 Å². The Morgan fingerprint density at radius 1 is 1.17 bits per heavy atom. The Balaban J connectivity index is 2.26. The highest BCUT2D eigenvalue weighted by Crippen LogP contribution is 2.30. The molecule has 0 bridgehead atoms. The van der Waals surface area contributed by atoms with E-state index in [-0.39, 0.29) is 0 Å². The zero-order chi connectivity index (χ0) is 13.1. The summed E-state index contributed by atoms with van der Waals surface area (Å²) in [6.07, 6.45) is 0. The van der Waals surface area contributed by atoms with Gasteiger partial charge >= 0.3 is 0 Å². The molecule has 0 heterocycles. The highest BCUT2D eigenvalue weighted by Gasteiger charge is 2.05. The van der Waals surface area contributed by atoms with Crippen molar-refractivity contribution in [2.75, 3.05) is 0 Å². The summed E-state index contributed by atoms with van der Waals surface area (Å²) in [5, 5.41) is 0.707. The predicted molar refractivity (Wildman–Crippen MR) is 80.0 cm³/mol. The summed E-state index contributed by atoms with van der Waals surface area (Å²) in [4.78, 5) is 0. The molecule has 0 saturated heterocycles. The van der Waals surface area contributed by atoms with Crippen LogP contribution in [0.5, 0.6) is 11.5 Å². The van der Waals surface area contributed by atoms with E-state index in [0.29, 0.717) is 10.9 Å². The molecule has 4 heteroatoms. The SMILES string of the molecule is Cc1cc(Cl)ccc1Oc1ccc(CCl)c(Br)c1. The van der Waals surface area contributed by atoms with Crippen molar-refractivity contribution >= 4 is 39.1 Å². The first-order valence-electron chi connectivity index (χ1n) is 5.38. The molecule has 0 aliphatic carbocycles. The Morgan fingerprint density at radius 2 is 1.94 bits per heavy atom. The molecule has 0 saturated carbocycles.